The van der Waals surface area contributed by atoms with E-state index in [4.69, 9.17) is 4.74 Å². The molecule has 3 rings (SSSR count). The molecule has 0 spiro atoms. The maximum absolute atomic E-state index is 12.9. The fourth-order valence-corrected chi connectivity index (χ4v) is 4.24. The summed E-state index contributed by atoms with van der Waals surface area (Å²) in [6, 6.07) is 21.4. The Labute approximate surface area is 177 Å². The Hall–Kier alpha value is -3.16. The van der Waals surface area contributed by atoms with Gasteiger partial charge in [0, 0.05) is 11.4 Å². The van der Waals surface area contributed by atoms with E-state index in [2.05, 4.69) is 10.0 Å². The maximum Gasteiger partial charge on any atom is 0.262 e. The molecule has 0 heterocycles. The molecule has 0 fully saturated rings. The Morgan fingerprint density at radius 1 is 0.900 bits per heavy atom. The number of hydrogen-bond acceptors (Lipinski definition) is 4. The molecule has 156 valence electrons. The molecular weight excluding hydrogens is 400 g/mol. The number of anilines is 2. The van der Waals surface area contributed by atoms with E-state index in [0.29, 0.717) is 23.5 Å². The van der Waals surface area contributed by atoms with Crippen LogP contribution in [0.4, 0.5) is 11.4 Å². The molecule has 0 radical (unpaired) electrons. The van der Waals surface area contributed by atoms with Gasteiger partial charge in [-0.15, -0.1) is 0 Å². The fourth-order valence-electron chi connectivity index (χ4n) is 2.92. The normalized spacial score (nSPS) is 11.1. The second-order valence-electron chi connectivity index (χ2n) is 6.98. The van der Waals surface area contributed by atoms with Gasteiger partial charge in [0.2, 0.25) is 5.91 Å². The molecule has 3 aromatic carbocycles. The van der Waals surface area contributed by atoms with Crippen molar-refractivity contribution in [2.24, 2.45) is 0 Å². The lowest BCUT2D eigenvalue weighted by molar-refractivity contribution is -0.121. The first-order valence-corrected chi connectivity index (χ1v) is 10.9. The second-order valence-corrected chi connectivity index (χ2v) is 8.63. The summed E-state index contributed by atoms with van der Waals surface area (Å²) < 4.78 is 33.7. The summed E-state index contributed by atoms with van der Waals surface area (Å²) in [5.41, 5.74) is 3.37. The summed E-state index contributed by atoms with van der Waals surface area (Å²) >= 11 is 0. The van der Waals surface area contributed by atoms with E-state index in [9.17, 15) is 13.2 Å². The first kappa shape index (κ1) is 21.5. The predicted molar refractivity (Wildman–Crippen MR) is 118 cm³/mol. The van der Waals surface area contributed by atoms with E-state index in [1.165, 1.54) is 6.07 Å². The van der Waals surface area contributed by atoms with Crippen LogP contribution >= 0.6 is 0 Å². The van der Waals surface area contributed by atoms with E-state index in [1.807, 2.05) is 43.3 Å². The zero-order valence-corrected chi connectivity index (χ0v) is 17.7. The Balaban J connectivity index is 1.66. The number of rotatable bonds is 8. The van der Waals surface area contributed by atoms with Crippen LogP contribution in [0, 0.1) is 13.8 Å². The van der Waals surface area contributed by atoms with Crippen LogP contribution in [0.1, 0.15) is 16.7 Å². The van der Waals surface area contributed by atoms with Crippen molar-refractivity contribution in [1.29, 1.82) is 0 Å². The van der Waals surface area contributed by atoms with E-state index in [0.717, 1.165) is 11.1 Å². The Morgan fingerprint density at radius 2 is 1.67 bits per heavy atom. The lowest BCUT2D eigenvalue weighted by Gasteiger charge is -2.13. The van der Waals surface area contributed by atoms with Crippen molar-refractivity contribution in [2.45, 2.75) is 25.3 Å². The van der Waals surface area contributed by atoms with Crippen LogP contribution in [0.3, 0.4) is 0 Å². The van der Waals surface area contributed by atoms with Crippen molar-refractivity contribution in [3.63, 3.8) is 0 Å². The highest BCUT2D eigenvalue weighted by Crippen LogP contribution is 2.23. The summed E-state index contributed by atoms with van der Waals surface area (Å²) in [4.78, 5) is 12.3. The largest absolute Gasteiger partial charge is 0.367 e. The molecule has 0 aliphatic heterocycles. The van der Waals surface area contributed by atoms with Crippen LogP contribution in [-0.2, 0) is 26.2 Å². The number of sulfonamides is 1. The van der Waals surface area contributed by atoms with Gasteiger partial charge in [0.15, 0.2) is 0 Å². The topological polar surface area (TPSA) is 84.5 Å². The van der Waals surface area contributed by atoms with E-state index < -0.39 is 10.0 Å². The number of benzene rings is 3. The maximum atomic E-state index is 12.9. The molecule has 7 heteroatoms. The molecule has 0 unspecified atom stereocenters. The van der Waals surface area contributed by atoms with Crippen LogP contribution in [0.25, 0.3) is 0 Å². The molecule has 0 aromatic heterocycles. The molecule has 0 atom stereocenters. The summed E-state index contributed by atoms with van der Waals surface area (Å²) in [5, 5.41) is 2.68. The summed E-state index contributed by atoms with van der Waals surface area (Å²) in [6.45, 7) is 3.78. The second kappa shape index (κ2) is 9.56. The minimum atomic E-state index is -3.80. The highest BCUT2D eigenvalue weighted by atomic mass is 32.2. The van der Waals surface area contributed by atoms with Gasteiger partial charge in [-0.25, -0.2) is 8.42 Å². The van der Waals surface area contributed by atoms with E-state index >= 15 is 0 Å². The van der Waals surface area contributed by atoms with Crippen molar-refractivity contribution < 1.29 is 17.9 Å². The molecule has 6 nitrogen and oxygen atoms in total. The summed E-state index contributed by atoms with van der Waals surface area (Å²) in [6.07, 6.45) is 0. The third-order valence-corrected chi connectivity index (χ3v) is 5.90. The fraction of sp³-hybridized carbons (Fsp3) is 0.174. The van der Waals surface area contributed by atoms with Gasteiger partial charge in [-0.05, 0) is 54.8 Å². The van der Waals surface area contributed by atoms with Crippen molar-refractivity contribution in [3.05, 3.63) is 89.5 Å². The number of aryl methyl sites for hydroxylation is 2. The van der Waals surface area contributed by atoms with Gasteiger partial charge in [0.25, 0.3) is 10.0 Å². The van der Waals surface area contributed by atoms with Crippen LogP contribution < -0.4 is 10.0 Å². The van der Waals surface area contributed by atoms with Crippen molar-refractivity contribution in [1.82, 2.24) is 0 Å². The number of nitrogens with one attached hydrogen (secondary N) is 2. The van der Waals surface area contributed by atoms with Gasteiger partial charge in [-0.3, -0.25) is 9.52 Å². The van der Waals surface area contributed by atoms with Crippen LogP contribution in [0.2, 0.25) is 0 Å². The average Bonchev–Trinajstić information content (AvgIpc) is 2.70. The zero-order valence-electron chi connectivity index (χ0n) is 16.9. The standard InChI is InChI=1S/C23H24N2O4S/c1-17-7-6-10-21(13-17)25-30(27,28)22-14-20(12-11-18(22)2)24-23(26)16-29-15-19-8-4-3-5-9-19/h3-14,25H,15-16H2,1-2H3,(H,24,26). The monoisotopic (exact) mass is 424 g/mol. The lowest BCUT2D eigenvalue weighted by atomic mass is 10.2. The molecule has 0 saturated carbocycles. The number of hydrogen-bond donors (Lipinski definition) is 2. The lowest BCUT2D eigenvalue weighted by Crippen LogP contribution is -2.19. The number of carbonyl (C=O) groups excluding carboxylic acids is 1. The molecule has 30 heavy (non-hydrogen) atoms. The Morgan fingerprint density at radius 3 is 2.40 bits per heavy atom. The minimum Gasteiger partial charge on any atom is -0.367 e. The molecule has 2 N–H and O–H groups in total. The minimum absolute atomic E-state index is 0.104. The van der Waals surface area contributed by atoms with Crippen molar-refractivity contribution in [3.8, 4) is 0 Å². The van der Waals surface area contributed by atoms with E-state index in [-0.39, 0.29) is 17.4 Å². The SMILES string of the molecule is Cc1cccc(NS(=O)(=O)c2cc(NC(=O)COCc3ccccc3)ccc2C)c1. The molecule has 0 aliphatic carbocycles. The molecule has 0 saturated heterocycles. The van der Waals surface area contributed by atoms with Gasteiger partial charge in [0.1, 0.15) is 6.61 Å². The Kier molecular flexibility index (Phi) is 6.87. The van der Waals surface area contributed by atoms with Crippen molar-refractivity contribution >= 4 is 27.3 Å². The number of carbonyl (C=O) groups is 1. The molecule has 0 bridgehead atoms. The predicted octanol–water partition coefficient (Wildman–Crippen LogP) is 4.26. The van der Waals surface area contributed by atoms with Crippen LogP contribution in [0.15, 0.2) is 77.7 Å². The van der Waals surface area contributed by atoms with Gasteiger partial charge in [-0.1, -0.05) is 48.5 Å². The number of ether oxygens (including phenoxy) is 1. The summed E-state index contributed by atoms with van der Waals surface area (Å²) in [5.74, 6) is -0.357. The van der Waals surface area contributed by atoms with Gasteiger partial charge in [-0.2, -0.15) is 0 Å². The molecule has 1 amide bonds. The zero-order chi connectivity index (χ0) is 21.6. The molecular formula is C23H24N2O4S. The average molecular weight is 425 g/mol. The molecule has 0 aliphatic rings. The van der Waals surface area contributed by atoms with Gasteiger partial charge in [0.05, 0.1) is 11.5 Å². The highest BCUT2D eigenvalue weighted by molar-refractivity contribution is 7.92. The smallest absolute Gasteiger partial charge is 0.262 e. The van der Waals surface area contributed by atoms with Crippen molar-refractivity contribution in [2.75, 3.05) is 16.6 Å². The van der Waals surface area contributed by atoms with Gasteiger partial charge >= 0.3 is 0 Å². The summed E-state index contributed by atoms with van der Waals surface area (Å²) in [7, 11) is -3.80. The van der Waals surface area contributed by atoms with Crippen LogP contribution in [-0.4, -0.2) is 20.9 Å². The quantitative estimate of drug-likeness (QED) is 0.566. The molecule has 3 aromatic rings. The van der Waals surface area contributed by atoms with Crippen LogP contribution in [0.5, 0.6) is 0 Å². The third kappa shape index (κ3) is 5.92. The van der Waals surface area contributed by atoms with Gasteiger partial charge < -0.3 is 10.1 Å². The Bertz CT molecular complexity index is 1130. The highest BCUT2D eigenvalue weighted by Gasteiger charge is 2.18. The number of amides is 1. The van der Waals surface area contributed by atoms with E-state index in [1.54, 1.807) is 37.3 Å². The third-order valence-electron chi connectivity index (χ3n) is 4.38. The first-order valence-electron chi connectivity index (χ1n) is 9.45. The first-order chi connectivity index (χ1) is 14.3.